The van der Waals surface area contributed by atoms with Gasteiger partial charge in [0.05, 0.1) is 23.8 Å². The number of carbonyl (C=O) groups is 2. The van der Waals surface area contributed by atoms with Gasteiger partial charge in [0.1, 0.15) is 5.75 Å². The average molecular weight is 347 g/mol. The number of nitrogens with two attached hydrogens (primary N) is 1. The van der Waals surface area contributed by atoms with Crippen molar-refractivity contribution in [2.45, 2.75) is 45.6 Å². The van der Waals surface area contributed by atoms with Gasteiger partial charge < -0.3 is 20.7 Å². The van der Waals surface area contributed by atoms with Gasteiger partial charge in [-0.1, -0.05) is 26.0 Å². The first-order valence-electron chi connectivity index (χ1n) is 9.04. The second-order valence-corrected chi connectivity index (χ2v) is 6.49. The van der Waals surface area contributed by atoms with Crippen LogP contribution >= 0.6 is 0 Å². The summed E-state index contributed by atoms with van der Waals surface area (Å²) in [6, 6.07) is 7.43. The minimum absolute atomic E-state index is 0.0568. The lowest BCUT2D eigenvalue weighted by molar-refractivity contribution is -0.128. The number of ether oxygens (including phenoxy) is 1. The van der Waals surface area contributed by atoms with Crippen molar-refractivity contribution in [3.05, 3.63) is 24.3 Å². The summed E-state index contributed by atoms with van der Waals surface area (Å²) in [5.41, 5.74) is 6.20. The molecule has 138 valence electrons. The van der Waals surface area contributed by atoms with Crippen LogP contribution in [0.3, 0.4) is 0 Å². The van der Waals surface area contributed by atoms with E-state index in [2.05, 4.69) is 5.32 Å². The van der Waals surface area contributed by atoms with E-state index in [9.17, 15) is 9.59 Å². The van der Waals surface area contributed by atoms with Gasteiger partial charge in [-0.15, -0.1) is 0 Å². The molecule has 1 atom stereocenters. The van der Waals surface area contributed by atoms with Crippen LogP contribution in [0.2, 0.25) is 0 Å². The molecule has 0 aliphatic carbocycles. The van der Waals surface area contributed by atoms with E-state index >= 15 is 0 Å². The predicted molar refractivity (Wildman–Crippen MR) is 98.6 cm³/mol. The third kappa shape index (κ3) is 4.12. The Morgan fingerprint density at radius 3 is 2.60 bits per heavy atom. The topological polar surface area (TPSA) is 84.7 Å². The zero-order valence-electron chi connectivity index (χ0n) is 15.4. The Hall–Kier alpha value is -2.08. The molecule has 1 aromatic carbocycles. The summed E-state index contributed by atoms with van der Waals surface area (Å²) >= 11 is 0. The molecule has 0 bridgehead atoms. The number of para-hydroxylation sites is 2. The number of hydrogen-bond acceptors (Lipinski definition) is 4. The zero-order valence-corrected chi connectivity index (χ0v) is 15.4. The fourth-order valence-corrected chi connectivity index (χ4v) is 3.20. The van der Waals surface area contributed by atoms with Crippen molar-refractivity contribution in [3.63, 3.8) is 0 Å². The van der Waals surface area contributed by atoms with Crippen LogP contribution in [0.5, 0.6) is 5.75 Å². The molecule has 2 amide bonds. The number of nitrogens with zero attached hydrogens (tertiary/aromatic N) is 1. The van der Waals surface area contributed by atoms with Crippen LogP contribution in [-0.4, -0.2) is 37.0 Å². The molecular weight excluding hydrogens is 318 g/mol. The summed E-state index contributed by atoms with van der Waals surface area (Å²) in [7, 11) is 0. The molecule has 25 heavy (non-hydrogen) atoms. The van der Waals surface area contributed by atoms with Crippen LogP contribution in [-0.2, 0) is 9.59 Å². The molecule has 1 fully saturated rings. The summed E-state index contributed by atoms with van der Waals surface area (Å²) in [6.07, 6.45) is 1.74. The number of nitrogens with one attached hydrogen (secondary N) is 1. The molecule has 1 heterocycles. The van der Waals surface area contributed by atoms with Crippen LogP contribution in [0.25, 0.3) is 0 Å². The Morgan fingerprint density at radius 1 is 1.32 bits per heavy atom. The molecule has 1 unspecified atom stereocenters. The number of hydrogen-bond donors (Lipinski definition) is 2. The first-order chi connectivity index (χ1) is 12.0. The van der Waals surface area contributed by atoms with Gasteiger partial charge in [0, 0.05) is 19.5 Å². The molecular formula is C19H29N3O3. The number of benzene rings is 1. The minimum Gasteiger partial charge on any atom is -0.492 e. The minimum atomic E-state index is -0.392. The molecule has 0 spiro atoms. The standard InChI is InChI=1S/C19H29N3O3/c1-4-19(5-2,13-20)21-18(24)14-11-17(23)22(12-14)15-9-7-8-10-16(15)25-6-3/h7-10,14H,4-6,11-13,20H2,1-3H3,(H,21,24). The number of carbonyl (C=O) groups excluding carboxylic acids is 2. The average Bonchev–Trinajstić information content (AvgIpc) is 3.02. The highest BCUT2D eigenvalue weighted by Crippen LogP contribution is 2.33. The van der Waals surface area contributed by atoms with Crippen LogP contribution in [0, 0.1) is 5.92 Å². The van der Waals surface area contributed by atoms with E-state index in [4.69, 9.17) is 10.5 Å². The summed E-state index contributed by atoms with van der Waals surface area (Å²) in [6.45, 7) is 7.21. The highest BCUT2D eigenvalue weighted by atomic mass is 16.5. The Bertz CT molecular complexity index is 605. The lowest BCUT2D eigenvalue weighted by Gasteiger charge is -2.32. The van der Waals surface area contributed by atoms with Gasteiger partial charge in [0.2, 0.25) is 11.8 Å². The van der Waals surface area contributed by atoms with Crippen LogP contribution < -0.4 is 20.7 Å². The van der Waals surface area contributed by atoms with E-state index < -0.39 is 5.54 Å². The Kier molecular flexibility index (Phi) is 6.42. The van der Waals surface area contributed by atoms with Gasteiger partial charge in [0.15, 0.2) is 0 Å². The molecule has 6 heteroatoms. The summed E-state index contributed by atoms with van der Waals surface area (Å²) < 4.78 is 5.62. The van der Waals surface area contributed by atoms with Gasteiger partial charge in [0.25, 0.3) is 0 Å². The highest BCUT2D eigenvalue weighted by Gasteiger charge is 2.38. The molecule has 6 nitrogen and oxygen atoms in total. The van der Waals surface area contributed by atoms with E-state index in [0.717, 1.165) is 18.5 Å². The third-order valence-electron chi connectivity index (χ3n) is 5.08. The molecule has 0 aromatic heterocycles. The number of anilines is 1. The summed E-state index contributed by atoms with van der Waals surface area (Å²) in [4.78, 5) is 26.8. The van der Waals surface area contributed by atoms with Gasteiger partial charge in [-0.05, 0) is 31.9 Å². The maximum atomic E-state index is 12.7. The molecule has 1 aromatic rings. The van der Waals surface area contributed by atoms with Crippen LogP contribution in [0.15, 0.2) is 24.3 Å². The number of rotatable bonds is 8. The molecule has 1 aliphatic rings. The lowest BCUT2D eigenvalue weighted by Crippen LogP contribution is -2.54. The first kappa shape index (κ1) is 19.2. The largest absolute Gasteiger partial charge is 0.492 e. The monoisotopic (exact) mass is 347 g/mol. The van der Waals surface area contributed by atoms with Gasteiger partial charge >= 0.3 is 0 Å². The van der Waals surface area contributed by atoms with E-state index in [0.29, 0.717) is 25.4 Å². The summed E-state index contributed by atoms with van der Waals surface area (Å²) in [5, 5.41) is 3.08. The summed E-state index contributed by atoms with van der Waals surface area (Å²) in [5.74, 6) is 0.140. The number of amides is 2. The lowest BCUT2D eigenvalue weighted by atomic mass is 9.91. The maximum Gasteiger partial charge on any atom is 0.227 e. The van der Waals surface area contributed by atoms with Crippen molar-refractivity contribution in [1.29, 1.82) is 0 Å². The smallest absolute Gasteiger partial charge is 0.227 e. The van der Waals surface area contributed by atoms with Crippen molar-refractivity contribution >= 4 is 17.5 Å². The molecule has 1 saturated heterocycles. The Labute approximate surface area is 149 Å². The quantitative estimate of drug-likeness (QED) is 0.754. The highest BCUT2D eigenvalue weighted by molar-refractivity contribution is 6.01. The fourth-order valence-electron chi connectivity index (χ4n) is 3.20. The van der Waals surface area contributed by atoms with E-state index in [1.165, 1.54) is 0 Å². The Morgan fingerprint density at radius 2 is 2.00 bits per heavy atom. The van der Waals surface area contributed by atoms with Crippen molar-refractivity contribution < 1.29 is 14.3 Å². The van der Waals surface area contributed by atoms with E-state index in [1.807, 2.05) is 45.0 Å². The molecule has 2 rings (SSSR count). The SMILES string of the molecule is CCOc1ccccc1N1CC(C(=O)NC(CC)(CC)CN)CC1=O. The van der Waals surface area contributed by atoms with Crippen molar-refractivity contribution in [2.24, 2.45) is 11.7 Å². The molecule has 3 N–H and O–H groups in total. The molecule has 1 aliphatic heterocycles. The Balaban J connectivity index is 2.13. The van der Waals surface area contributed by atoms with Crippen LogP contribution in [0.4, 0.5) is 5.69 Å². The second kappa shape index (κ2) is 8.34. The van der Waals surface area contributed by atoms with Crippen molar-refractivity contribution in [3.8, 4) is 5.75 Å². The maximum absolute atomic E-state index is 12.7. The molecule has 0 radical (unpaired) electrons. The third-order valence-corrected chi connectivity index (χ3v) is 5.08. The van der Waals surface area contributed by atoms with Gasteiger partial charge in [-0.2, -0.15) is 0 Å². The predicted octanol–water partition coefficient (Wildman–Crippen LogP) is 2.07. The van der Waals surface area contributed by atoms with E-state index in [-0.39, 0.29) is 24.2 Å². The fraction of sp³-hybridized carbons (Fsp3) is 0.579. The zero-order chi connectivity index (χ0) is 18.4. The van der Waals surface area contributed by atoms with Crippen molar-refractivity contribution in [1.82, 2.24) is 5.32 Å². The molecule has 0 saturated carbocycles. The normalized spacial score (nSPS) is 17.7. The second-order valence-electron chi connectivity index (χ2n) is 6.49. The van der Waals surface area contributed by atoms with Crippen LogP contribution in [0.1, 0.15) is 40.0 Å². The van der Waals surface area contributed by atoms with Crippen molar-refractivity contribution in [2.75, 3.05) is 24.6 Å². The van der Waals surface area contributed by atoms with Gasteiger partial charge in [-0.3, -0.25) is 9.59 Å². The van der Waals surface area contributed by atoms with E-state index in [1.54, 1.807) is 4.90 Å². The van der Waals surface area contributed by atoms with Gasteiger partial charge in [-0.25, -0.2) is 0 Å². The first-order valence-corrected chi connectivity index (χ1v) is 9.04.